The smallest absolute Gasteiger partial charge is 0.0780 e. The standard InChI is InChI=1S/C15H10N/c1-2-6-12(7-3-1)14-10-4-8-13-9-5-11-16-15(13)14/h1-6,8-11H. The number of pyridine rings is 1. The predicted molar refractivity (Wildman–Crippen MR) is 66.0 cm³/mol. The van der Waals surface area contributed by atoms with Crippen molar-refractivity contribution >= 4 is 10.9 Å². The summed E-state index contributed by atoms with van der Waals surface area (Å²) in [5.41, 5.74) is 3.26. The zero-order valence-corrected chi connectivity index (χ0v) is 8.72. The monoisotopic (exact) mass is 204 g/mol. The number of fused-ring (bicyclic) bond motifs is 1. The molecule has 3 aromatic rings. The van der Waals surface area contributed by atoms with Crippen molar-refractivity contribution in [3.63, 3.8) is 0 Å². The lowest BCUT2D eigenvalue weighted by Gasteiger charge is -2.04. The molecule has 2 aromatic carbocycles. The van der Waals surface area contributed by atoms with E-state index in [2.05, 4.69) is 41.4 Å². The van der Waals surface area contributed by atoms with E-state index in [1.807, 2.05) is 30.5 Å². The molecule has 0 atom stereocenters. The Morgan fingerprint density at radius 3 is 2.69 bits per heavy atom. The second-order valence-corrected chi connectivity index (χ2v) is 3.66. The van der Waals surface area contributed by atoms with Gasteiger partial charge in [0.25, 0.3) is 0 Å². The highest BCUT2D eigenvalue weighted by Crippen LogP contribution is 2.25. The van der Waals surface area contributed by atoms with E-state index < -0.39 is 0 Å². The molecule has 0 bridgehead atoms. The van der Waals surface area contributed by atoms with Gasteiger partial charge in [-0.1, -0.05) is 48.5 Å². The number of benzene rings is 2. The van der Waals surface area contributed by atoms with Crippen molar-refractivity contribution in [3.05, 3.63) is 66.9 Å². The predicted octanol–water partition coefficient (Wildman–Crippen LogP) is 3.70. The molecule has 3 rings (SSSR count). The van der Waals surface area contributed by atoms with Crippen molar-refractivity contribution in [1.29, 1.82) is 0 Å². The number of aromatic nitrogens is 1. The van der Waals surface area contributed by atoms with Gasteiger partial charge in [-0.2, -0.15) is 0 Å². The normalized spacial score (nSPS) is 10.5. The summed E-state index contributed by atoms with van der Waals surface area (Å²) in [6.45, 7) is 0. The molecule has 0 spiro atoms. The number of hydrogen-bond donors (Lipinski definition) is 0. The van der Waals surface area contributed by atoms with E-state index >= 15 is 0 Å². The van der Waals surface area contributed by atoms with Crippen molar-refractivity contribution in [2.75, 3.05) is 0 Å². The van der Waals surface area contributed by atoms with Crippen molar-refractivity contribution < 1.29 is 0 Å². The van der Waals surface area contributed by atoms with Crippen LogP contribution in [0.2, 0.25) is 0 Å². The topological polar surface area (TPSA) is 12.9 Å². The summed E-state index contributed by atoms with van der Waals surface area (Å²) >= 11 is 0. The third-order valence-electron chi connectivity index (χ3n) is 2.63. The van der Waals surface area contributed by atoms with Crippen LogP contribution in [-0.2, 0) is 0 Å². The lowest BCUT2D eigenvalue weighted by atomic mass is 10.0. The first-order chi connectivity index (χ1) is 7.95. The van der Waals surface area contributed by atoms with Crippen LogP contribution in [0.15, 0.2) is 60.8 Å². The lowest BCUT2D eigenvalue weighted by molar-refractivity contribution is 1.41. The first-order valence-corrected chi connectivity index (χ1v) is 5.26. The van der Waals surface area contributed by atoms with Crippen molar-refractivity contribution in [2.24, 2.45) is 0 Å². The number of hydrogen-bond acceptors (Lipinski definition) is 1. The van der Waals surface area contributed by atoms with E-state index in [0.29, 0.717) is 0 Å². The fraction of sp³-hybridized carbons (Fsp3) is 0. The molecule has 1 heteroatoms. The first kappa shape index (κ1) is 9.10. The Morgan fingerprint density at radius 1 is 0.875 bits per heavy atom. The van der Waals surface area contributed by atoms with Crippen molar-refractivity contribution in [1.82, 2.24) is 4.98 Å². The van der Waals surface area contributed by atoms with Gasteiger partial charge in [0.15, 0.2) is 0 Å². The molecule has 0 fully saturated rings. The van der Waals surface area contributed by atoms with E-state index in [1.165, 1.54) is 0 Å². The van der Waals surface area contributed by atoms with Gasteiger partial charge >= 0.3 is 0 Å². The van der Waals surface area contributed by atoms with Gasteiger partial charge in [-0.25, -0.2) is 0 Å². The quantitative estimate of drug-likeness (QED) is 0.589. The molecular weight excluding hydrogens is 194 g/mol. The van der Waals surface area contributed by atoms with Gasteiger partial charge in [-0.05, 0) is 17.7 Å². The first-order valence-electron chi connectivity index (χ1n) is 5.26. The van der Waals surface area contributed by atoms with Gasteiger partial charge in [0.05, 0.1) is 5.52 Å². The molecule has 0 aliphatic carbocycles. The van der Waals surface area contributed by atoms with Gasteiger partial charge in [-0.15, -0.1) is 0 Å². The summed E-state index contributed by atoms with van der Waals surface area (Å²) in [4.78, 5) is 4.44. The van der Waals surface area contributed by atoms with E-state index in [4.69, 9.17) is 0 Å². The fourth-order valence-corrected chi connectivity index (χ4v) is 1.88. The molecule has 1 heterocycles. The minimum Gasteiger partial charge on any atom is -0.256 e. The molecule has 0 N–H and O–H groups in total. The van der Waals surface area contributed by atoms with Crippen LogP contribution in [0.4, 0.5) is 0 Å². The number of rotatable bonds is 1. The molecule has 1 nitrogen and oxygen atoms in total. The molecule has 0 saturated carbocycles. The van der Waals surface area contributed by atoms with E-state index in [9.17, 15) is 0 Å². The zero-order chi connectivity index (χ0) is 10.8. The Morgan fingerprint density at radius 2 is 1.81 bits per heavy atom. The minimum absolute atomic E-state index is 1.03. The Hall–Kier alpha value is -2.15. The van der Waals surface area contributed by atoms with Gasteiger partial charge in [0.2, 0.25) is 0 Å². The molecule has 0 aliphatic heterocycles. The Labute approximate surface area is 94.4 Å². The van der Waals surface area contributed by atoms with Crippen LogP contribution in [0.25, 0.3) is 22.0 Å². The second kappa shape index (κ2) is 3.78. The second-order valence-electron chi connectivity index (χ2n) is 3.66. The Kier molecular flexibility index (Phi) is 2.15. The van der Waals surface area contributed by atoms with Gasteiger partial charge in [-0.3, -0.25) is 4.98 Å². The maximum Gasteiger partial charge on any atom is 0.0780 e. The van der Waals surface area contributed by atoms with Crippen LogP contribution in [-0.4, -0.2) is 4.98 Å². The van der Waals surface area contributed by atoms with Gasteiger partial charge in [0, 0.05) is 17.1 Å². The molecule has 75 valence electrons. The molecule has 0 aliphatic rings. The number of para-hydroxylation sites is 1. The summed E-state index contributed by atoms with van der Waals surface area (Å²) in [5.74, 6) is 0. The summed E-state index contributed by atoms with van der Waals surface area (Å²) in [7, 11) is 0. The molecule has 16 heavy (non-hydrogen) atoms. The van der Waals surface area contributed by atoms with Crippen LogP contribution in [0, 0.1) is 6.07 Å². The fourth-order valence-electron chi connectivity index (χ4n) is 1.88. The molecule has 0 saturated heterocycles. The SMILES string of the molecule is [c]1ccccc1-c1cccc2cccnc12. The van der Waals surface area contributed by atoms with Crippen molar-refractivity contribution in [2.45, 2.75) is 0 Å². The molecule has 0 unspecified atom stereocenters. The summed E-state index contributed by atoms with van der Waals surface area (Å²) in [6.07, 6.45) is 1.83. The Balaban J connectivity index is 2.32. The number of nitrogens with zero attached hydrogens (tertiary/aromatic N) is 1. The molecule has 1 aromatic heterocycles. The highest BCUT2D eigenvalue weighted by atomic mass is 14.6. The van der Waals surface area contributed by atoms with E-state index in [1.54, 1.807) is 0 Å². The Bertz CT molecular complexity index is 609. The maximum absolute atomic E-state index is 4.44. The van der Waals surface area contributed by atoms with Gasteiger partial charge < -0.3 is 0 Å². The van der Waals surface area contributed by atoms with Crippen molar-refractivity contribution in [3.8, 4) is 11.1 Å². The summed E-state index contributed by atoms with van der Waals surface area (Å²) < 4.78 is 0. The third-order valence-corrected chi connectivity index (χ3v) is 2.63. The lowest BCUT2D eigenvalue weighted by Crippen LogP contribution is -1.83. The summed E-state index contributed by atoms with van der Waals surface area (Å²) in [6, 6.07) is 21.5. The minimum atomic E-state index is 1.03. The van der Waals surface area contributed by atoms with Crippen LogP contribution in [0.3, 0.4) is 0 Å². The van der Waals surface area contributed by atoms with Gasteiger partial charge in [0.1, 0.15) is 0 Å². The third kappa shape index (κ3) is 1.47. The molecular formula is C15H10N. The molecule has 1 radical (unpaired) electrons. The molecule has 0 amide bonds. The van der Waals surface area contributed by atoms with E-state index in [0.717, 1.165) is 22.0 Å². The average molecular weight is 204 g/mol. The van der Waals surface area contributed by atoms with Crippen LogP contribution in [0.1, 0.15) is 0 Å². The van der Waals surface area contributed by atoms with Crippen LogP contribution < -0.4 is 0 Å². The maximum atomic E-state index is 4.44. The van der Waals surface area contributed by atoms with Crippen LogP contribution >= 0.6 is 0 Å². The summed E-state index contributed by atoms with van der Waals surface area (Å²) in [5, 5.41) is 1.16. The highest BCUT2D eigenvalue weighted by molar-refractivity contribution is 5.93. The largest absolute Gasteiger partial charge is 0.256 e. The zero-order valence-electron chi connectivity index (χ0n) is 8.72. The van der Waals surface area contributed by atoms with Crippen LogP contribution in [0.5, 0.6) is 0 Å². The highest BCUT2D eigenvalue weighted by Gasteiger charge is 2.03. The van der Waals surface area contributed by atoms with E-state index in [-0.39, 0.29) is 0 Å². The average Bonchev–Trinajstić information content (AvgIpc) is 2.39.